The molecule has 0 fully saturated rings. The molecule has 21 heavy (non-hydrogen) atoms. The zero-order valence-electron chi connectivity index (χ0n) is 13.8. The van der Waals surface area contributed by atoms with Gasteiger partial charge in [-0.05, 0) is 37.1 Å². The number of likely N-dealkylation sites (N-methyl/N-ethyl adjacent to an activating group) is 1. The highest BCUT2D eigenvalue weighted by molar-refractivity contribution is 5.20. The molecule has 1 N–H and O–H groups in total. The first-order chi connectivity index (χ1) is 10.3. The fourth-order valence-electron chi connectivity index (χ4n) is 2.89. The van der Waals surface area contributed by atoms with Crippen molar-refractivity contribution in [3.63, 3.8) is 0 Å². The van der Waals surface area contributed by atoms with Crippen LogP contribution in [0.3, 0.4) is 0 Å². The molecule has 2 heteroatoms. The molecule has 0 saturated carbocycles. The minimum atomic E-state index is -0.144. The Balaban J connectivity index is 2.21. The monoisotopic (exact) mass is 293 g/mol. The van der Waals surface area contributed by atoms with Crippen LogP contribution in [0.5, 0.6) is 0 Å². The van der Waals surface area contributed by atoms with Crippen molar-refractivity contribution in [3.8, 4) is 0 Å². The summed E-state index contributed by atoms with van der Waals surface area (Å²) in [7, 11) is 1.99. The van der Waals surface area contributed by atoms with Crippen LogP contribution in [0.1, 0.15) is 76.2 Å². The Bertz CT molecular complexity index is 347. The van der Waals surface area contributed by atoms with E-state index in [9.17, 15) is 4.39 Å². The standard InChI is InChI=1S/C19H32FN/c1-3-4-5-6-7-8-9-10-11-18(16-21-2)17-12-14-19(20)15-13-17/h12-15,18,21H,3-11,16H2,1-2H3. The van der Waals surface area contributed by atoms with Gasteiger partial charge in [0, 0.05) is 6.54 Å². The maximum Gasteiger partial charge on any atom is 0.123 e. The molecule has 1 aromatic carbocycles. The first-order valence-corrected chi connectivity index (χ1v) is 8.68. The highest BCUT2D eigenvalue weighted by Gasteiger charge is 2.10. The maximum absolute atomic E-state index is 13.0. The highest BCUT2D eigenvalue weighted by Crippen LogP contribution is 2.22. The van der Waals surface area contributed by atoms with E-state index in [4.69, 9.17) is 0 Å². The Kier molecular flexibility index (Phi) is 10.1. The molecule has 0 saturated heterocycles. The van der Waals surface area contributed by atoms with Crippen LogP contribution < -0.4 is 5.32 Å². The quantitative estimate of drug-likeness (QED) is 0.490. The fraction of sp³-hybridized carbons (Fsp3) is 0.684. The number of unbranched alkanes of at least 4 members (excludes halogenated alkanes) is 7. The molecule has 1 unspecified atom stereocenters. The smallest absolute Gasteiger partial charge is 0.123 e. The summed E-state index contributed by atoms with van der Waals surface area (Å²) in [6.07, 6.45) is 12.0. The van der Waals surface area contributed by atoms with Crippen LogP contribution in [-0.2, 0) is 0 Å². The fourth-order valence-corrected chi connectivity index (χ4v) is 2.89. The summed E-state index contributed by atoms with van der Waals surface area (Å²) in [5.74, 6) is 0.365. The molecule has 0 amide bonds. The molecule has 0 aliphatic carbocycles. The van der Waals surface area contributed by atoms with E-state index >= 15 is 0 Å². The molecule has 0 bridgehead atoms. The summed E-state index contributed by atoms with van der Waals surface area (Å²) in [5, 5.41) is 3.26. The molecule has 0 radical (unpaired) electrons. The molecule has 0 aliphatic rings. The zero-order chi connectivity index (χ0) is 15.3. The molecule has 1 nitrogen and oxygen atoms in total. The molecule has 0 spiro atoms. The average Bonchev–Trinajstić information content (AvgIpc) is 2.50. The third-order valence-corrected chi connectivity index (χ3v) is 4.20. The molecule has 0 aliphatic heterocycles. The van der Waals surface area contributed by atoms with E-state index in [0.29, 0.717) is 5.92 Å². The summed E-state index contributed by atoms with van der Waals surface area (Å²) in [6.45, 7) is 3.24. The van der Waals surface area contributed by atoms with Gasteiger partial charge in [-0.15, -0.1) is 0 Å². The summed E-state index contributed by atoms with van der Waals surface area (Å²) in [6, 6.07) is 7.02. The SMILES string of the molecule is CCCCCCCCCCC(CNC)c1ccc(F)cc1. The summed E-state index contributed by atoms with van der Waals surface area (Å²) < 4.78 is 13.0. The lowest BCUT2D eigenvalue weighted by atomic mass is 9.92. The molecule has 0 heterocycles. The van der Waals surface area contributed by atoms with Gasteiger partial charge in [0.1, 0.15) is 5.82 Å². The predicted molar refractivity (Wildman–Crippen MR) is 90.3 cm³/mol. The second-order valence-electron chi connectivity index (χ2n) is 6.07. The molecule has 1 aromatic rings. The van der Waals surface area contributed by atoms with E-state index in [-0.39, 0.29) is 5.82 Å². The number of hydrogen-bond donors (Lipinski definition) is 1. The lowest BCUT2D eigenvalue weighted by Crippen LogP contribution is -2.17. The second kappa shape index (κ2) is 11.7. The lowest BCUT2D eigenvalue weighted by Gasteiger charge is -2.17. The third kappa shape index (κ3) is 8.21. The van der Waals surface area contributed by atoms with E-state index in [1.54, 1.807) is 12.1 Å². The van der Waals surface area contributed by atoms with Crippen LogP contribution in [0.25, 0.3) is 0 Å². The first-order valence-electron chi connectivity index (χ1n) is 8.68. The molecular weight excluding hydrogens is 261 g/mol. The summed E-state index contributed by atoms with van der Waals surface area (Å²) in [4.78, 5) is 0. The van der Waals surface area contributed by atoms with E-state index < -0.39 is 0 Å². The van der Waals surface area contributed by atoms with Gasteiger partial charge in [-0.25, -0.2) is 4.39 Å². The van der Waals surface area contributed by atoms with Crippen molar-refractivity contribution < 1.29 is 4.39 Å². The van der Waals surface area contributed by atoms with Gasteiger partial charge in [0.05, 0.1) is 0 Å². The van der Waals surface area contributed by atoms with E-state index in [1.807, 2.05) is 19.2 Å². The Morgan fingerprint density at radius 1 is 0.905 bits per heavy atom. The van der Waals surface area contributed by atoms with E-state index in [2.05, 4.69) is 12.2 Å². The van der Waals surface area contributed by atoms with Gasteiger partial charge in [0.25, 0.3) is 0 Å². The lowest BCUT2D eigenvalue weighted by molar-refractivity contribution is 0.516. The Morgan fingerprint density at radius 3 is 2.05 bits per heavy atom. The van der Waals surface area contributed by atoms with Crippen LogP contribution in [-0.4, -0.2) is 13.6 Å². The van der Waals surface area contributed by atoms with Crippen LogP contribution in [0.15, 0.2) is 24.3 Å². The second-order valence-corrected chi connectivity index (χ2v) is 6.07. The van der Waals surface area contributed by atoms with Gasteiger partial charge in [-0.1, -0.05) is 70.4 Å². The van der Waals surface area contributed by atoms with Gasteiger partial charge < -0.3 is 5.32 Å². The first kappa shape index (κ1) is 18.2. The van der Waals surface area contributed by atoms with Crippen molar-refractivity contribution in [2.45, 2.75) is 70.6 Å². The van der Waals surface area contributed by atoms with E-state index in [0.717, 1.165) is 6.54 Å². The van der Waals surface area contributed by atoms with Crippen molar-refractivity contribution in [1.29, 1.82) is 0 Å². The topological polar surface area (TPSA) is 12.0 Å². The predicted octanol–water partition coefficient (Wildman–Crippen LogP) is 5.66. The van der Waals surface area contributed by atoms with Gasteiger partial charge in [-0.3, -0.25) is 0 Å². The normalized spacial score (nSPS) is 12.5. The minimum Gasteiger partial charge on any atom is -0.319 e. The van der Waals surface area contributed by atoms with Crippen molar-refractivity contribution in [2.75, 3.05) is 13.6 Å². The number of hydrogen-bond acceptors (Lipinski definition) is 1. The van der Waals surface area contributed by atoms with Crippen LogP contribution in [0.2, 0.25) is 0 Å². The summed E-state index contributed by atoms with van der Waals surface area (Å²) in [5.41, 5.74) is 1.26. The zero-order valence-corrected chi connectivity index (χ0v) is 13.8. The van der Waals surface area contributed by atoms with Gasteiger partial charge in [-0.2, -0.15) is 0 Å². The van der Waals surface area contributed by atoms with Gasteiger partial charge in [0.15, 0.2) is 0 Å². The number of halogens is 1. The molecule has 0 aromatic heterocycles. The molecule has 1 rings (SSSR count). The average molecular weight is 293 g/mol. The maximum atomic E-state index is 13.0. The number of nitrogens with one attached hydrogen (secondary N) is 1. The molecular formula is C19H32FN. The van der Waals surface area contributed by atoms with Crippen LogP contribution in [0, 0.1) is 5.82 Å². The van der Waals surface area contributed by atoms with Crippen molar-refractivity contribution in [2.24, 2.45) is 0 Å². The highest BCUT2D eigenvalue weighted by atomic mass is 19.1. The summed E-state index contributed by atoms with van der Waals surface area (Å²) >= 11 is 0. The number of benzene rings is 1. The Hall–Kier alpha value is -0.890. The van der Waals surface area contributed by atoms with Crippen molar-refractivity contribution in [1.82, 2.24) is 5.32 Å². The minimum absolute atomic E-state index is 0.144. The van der Waals surface area contributed by atoms with Crippen molar-refractivity contribution in [3.05, 3.63) is 35.6 Å². The molecule has 120 valence electrons. The number of rotatable bonds is 12. The Morgan fingerprint density at radius 2 is 1.48 bits per heavy atom. The Labute approximate surface area is 130 Å². The molecule has 1 atom stereocenters. The van der Waals surface area contributed by atoms with Gasteiger partial charge >= 0.3 is 0 Å². The van der Waals surface area contributed by atoms with Gasteiger partial charge in [0.2, 0.25) is 0 Å². The van der Waals surface area contributed by atoms with Crippen LogP contribution >= 0.6 is 0 Å². The largest absolute Gasteiger partial charge is 0.319 e. The van der Waals surface area contributed by atoms with E-state index in [1.165, 1.54) is 63.4 Å². The third-order valence-electron chi connectivity index (χ3n) is 4.20. The van der Waals surface area contributed by atoms with Crippen molar-refractivity contribution >= 4 is 0 Å². The van der Waals surface area contributed by atoms with Crippen LogP contribution in [0.4, 0.5) is 4.39 Å².